The third-order valence-corrected chi connectivity index (χ3v) is 1.97. The Labute approximate surface area is 63.5 Å². The van der Waals surface area contributed by atoms with Crippen LogP contribution in [0.1, 0.15) is 6.42 Å². The highest BCUT2D eigenvalue weighted by atomic mass is 16.4. The van der Waals surface area contributed by atoms with Gasteiger partial charge in [0.05, 0.1) is 12.2 Å². The summed E-state index contributed by atoms with van der Waals surface area (Å²) in [5.74, 6) is 0. The summed E-state index contributed by atoms with van der Waals surface area (Å²) in [5, 5.41) is 44.8. The molecule has 1 aliphatic rings. The SMILES string of the molecule is OC1[C@@H](O)[C@H](O)C[C@@H](O)[C@@H]1O. The normalized spacial score (nSPS) is 52.6. The van der Waals surface area contributed by atoms with Crippen molar-refractivity contribution in [2.75, 3.05) is 0 Å². The molecule has 0 radical (unpaired) electrons. The standard InChI is InChI=1S/C6H12O5/c7-2-1-3(8)5(10)6(11)4(2)9/h2-11H,1H2/t2-,3-,4+,5+/m1/s1. The van der Waals surface area contributed by atoms with Gasteiger partial charge in [0.15, 0.2) is 0 Å². The number of hydrogen-bond donors (Lipinski definition) is 5. The summed E-state index contributed by atoms with van der Waals surface area (Å²) < 4.78 is 0. The largest absolute Gasteiger partial charge is 0.390 e. The minimum Gasteiger partial charge on any atom is -0.390 e. The summed E-state index contributed by atoms with van der Waals surface area (Å²) in [5.41, 5.74) is 0. The van der Waals surface area contributed by atoms with Crippen LogP contribution in [0.5, 0.6) is 0 Å². The lowest BCUT2D eigenvalue weighted by molar-refractivity contribution is -0.176. The van der Waals surface area contributed by atoms with Crippen molar-refractivity contribution in [3.8, 4) is 0 Å². The molecule has 0 saturated heterocycles. The second-order valence-corrected chi connectivity index (χ2v) is 2.84. The Morgan fingerprint density at radius 3 is 1.36 bits per heavy atom. The molecular weight excluding hydrogens is 152 g/mol. The van der Waals surface area contributed by atoms with Gasteiger partial charge in [-0.15, -0.1) is 0 Å². The Morgan fingerprint density at radius 2 is 1.00 bits per heavy atom. The Hall–Kier alpha value is -0.200. The van der Waals surface area contributed by atoms with Crippen molar-refractivity contribution in [2.45, 2.75) is 36.9 Å². The van der Waals surface area contributed by atoms with Crippen LogP contribution in [0.15, 0.2) is 0 Å². The lowest BCUT2D eigenvalue weighted by Gasteiger charge is -2.35. The summed E-state index contributed by atoms with van der Waals surface area (Å²) in [6.07, 6.45) is -6.64. The maximum absolute atomic E-state index is 8.97. The van der Waals surface area contributed by atoms with Crippen molar-refractivity contribution in [3.05, 3.63) is 0 Å². The average Bonchev–Trinajstić information content (AvgIpc) is 1.97. The van der Waals surface area contributed by atoms with Crippen LogP contribution in [-0.2, 0) is 0 Å². The third kappa shape index (κ3) is 1.52. The van der Waals surface area contributed by atoms with Crippen LogP contribution in [0, 0.1) is 0 Å². The molecule has 4 atom stereocenters. The lowest BCUT2D eigenvalue weighted by atomic mass is 9.87. The van der Waals surface area contributed by atoms with E-state index in [2.05, 4.69) is 0 Å². The smallest absolute Gasteiger partial charge is 0.111 e. The molecule has 66 valence electrons. The summed E-state index contributed by atoms with van der Waals surface area (Å²) in [6, 6.07) is 0. The average molecular weight is 164 g/mol. The zero-order chi connectivity index (χ0) is 8.59. The molecule has 0 aromatic rings. The molecule has 1 fully saturated rings. The molecule has 1 rings (SSSR count). The number of rotatable bonds is 0. The van der Waals surface area contributed by atoms with Crippen LogP contribution in [0.25, 0.3) is 0 Å². The summed E-state index contributed by atoms with van der Waals surface area (Å²) in [7, 11) is 0. The maximum atomic E-state index is 8.97. The highest BCUT2D eigenvalue weighted by Gasteiger charge is 2.40. The van der Waals surface area contributed by atoms with E-state index < -0.39 is 30.5 Å². The molecule has 5 heteroatoms. The molecule has 1 saturated carbocycles. The van der Waals surface area contributed by atoms with E-state index in [1.54, 1.807) is 0 Å². The van der Waals surface area contributed by atoms with E-state index in [1.807, 2.05) is 0 Å². The Balaban J connectivity index is 2.63. The van der Waals surface area contributed by atoms with Crippen molar-refractivity contribution < 1.29 is 25.5 Å². The highest BCUT2D eigenvalue weighted by molar-refractivity contribution is 4.92. The van der Waals surface area contributed by atoms with E-state index in [1.165, 1.54) is 0 Å². The zero-order valence-electron chi connectivity index (χ0n) is 5.83. The Morgan fingerprint density at radius 1 is 0.636 bits per heavy atom. The van der Waals surface area contributed by atoms with Gasteiger partial charge in [-0.3, -0.25) is 0 Å². The minimum absolute atomic E-state index is 0.112. The molecule has 0 aromatic carbocycles. The molecule has 0 bridgehead atoms. The van der Waals surface area contributed by atoms with E-state index in [4.69, 9.17) is 25.5 Å². The third-order valence-electron chi connectivity index (χ3n) is 1.97. The monoisotopic (exact) mass is 164 g/mol. The van der Waals surface area contributed by atoms with Gasteiger partial charge in [-0.25, -0.2) is 0 Å². The van der Waals surface area contributed by atoms with Crippen molar-refractivity contribution >= 4 is 0 Å². The first-order valence-corrected chi connectivity index (χ1v) is 3.44. The number of hydrogen-bond acceptors (Lipinski definition) is 5. The Kier molecular flexibility index (Phi) is 2.46. The highest BCUT2D eigenvalue weighted by Crippen LogP contribution is 2.20. The van der Waals surface area contributed by atoms with Crippen LogP contribution >= 0.6 is 0 Å². The van der Waals surface area contributed by atoms with E-state index in [9.17, 15) is 0 Å². The molecule has 0 aliphatic heterocycles. The lowest BCUT2D eigenvalue weighted by Crippen LogP contribution is -2.55. The van der Waals surface area contributed by atoms with Gasteiger partial charge in [0.25, 0.3) is 0 Å². The van der Waals surface area contributed by atoms with Crippen molar-refractivity contribution in [1.29, 1.82) is 0 Å². The second kappa shape index (κ2) is 3.04. The van der Waals surface area contributed by atoms with Crippen LogP contribution in [0.2, 0.25) is 0 Å². The van der Waals surface area contributed by atoms with E-state index in [0.717, 1.165) is 0 Å². The first kappa shape index (κ1) is 8.89. The number of aliphatic hydroxyl groups is 5. The van der Waals surface area contributed by atoms with Gasteiger partial charge in [-0.1, -0.05) is 0 Å². The molecular formula is C6H12O5. The second-order valence-electron chi connectivity index (χ2n) is 2.84. The molecule has 0 unspecified atom stereocenters. The quantitative estimate of drug-likeness (QED) is 0.266. The van der Waals surface area contributed by atoms with Gasteiger partial charge in [-0.2, -0.15) is 0 Å². The molecule has 11 heavy (non-hydrogen) atoms. The summed E-state index contributed by atoms with van der Waals surface area (Å²) in [4.78, 5) is 0. The van der Waals surface area contributed by atoms with Gasteiger partial charge in [0.2, 0.25) is 0 Å². The van der Waals surface area contributed by atoms with Crippen LogP contribution in [0.4, 0.5) is 0 Å². The first-order valence-electron chi connectivity index (χ1n) is 3.44. The van der Waals surface area contributed by atoms with E-state index >= 15 is 0 Å². The van der Waals surface area contributed by atoms with Crippen LogP contribution in [-0.4, -0.2) is 56.1 Å². The molecule has 1 aliphatic carbocycles. The maximum Gasteiger partial charge on any atom is 0.111 e. The molecule has 5 nitrogen and oxygen atoms in total. The topological polar surface area (TPSA) is 101 Å². The van der Waals surface area contributed by atoms with Gasteiger partial charge in [0, 0.05) is 6.42 Å². The fraction of sp³-hybridized carbons (Fsp3) is 1.00. The fourth-order valence-corrected chi connectivity index (χ4v) is 1.18. The van der Waals surface area contributed by atoms with Crippen molar-refractivity contribution in [3.63, 3.8) is 0 Å². The zero-order valence-corrected chi connectivity index (χ0v) is 5.83. The Bertz CT molecular complexity index is 125. The molecule has 0 spiro atoms. The molecule has 5 N–H and O–H groups in total. The van der Waals surface area contributed by atoms with E-state index in [-0.39, 0.29) is 6.42 Å². The summed E-state index contributed by atoms with van der Waals surface area (Å²) >= 11 is 0. The predicted molar refractivity (Wildman–Crippen MR) is 34.7 cm³/mol. The van der Waals surface area contributed by atoms with Crippen LogP contribution < -0.4 is 0 Å². The van der Waals surface area contributed by atoms with E-state index in [0.29, 0.717) is 0 Å². The predicted octanol–water partition coefficient (Wildman–Crippen LogP) is -2.81. The van der Waals surface area contributed by atoms with Gasteiger partial charge in [-0.05, 0) is 0 Å². The summed E-state index contributed by atoms with van der Waals surface area (Å²) in [6.45, 7) is 0. The van der Waals surface area contributed by atoms with Crippen molar-refractivity contribution in [1.82, 2.24) is 0 Å². The molecule has 0 heterocycles. The van der Waals surface area contributed by atoms with Gasteiger partial charge in [0.1, 0.15) is 18.3 Å². The minimum atomic E-state index is -1.46. The fourth-order valence-electron chi connectivity index (χ4n) is 1.18. The molecule has 0 amide bonds. The van der Waals surface area contributed by atoms with Crippen LogP contribution in [0.3, 0.4) is 0 Å². The molecule has 0 aromatic heterocycles. The van der Waals surface area contributed by atoms with Gasteiger partial charge >= 0.3 is 0 Å². The first-order chi connectivity index (χ1) is 5.04. The van der Waals surface area contributed by atoms with Gasteiger partial charge < -0.3 is 25.5 Å². The van der Waals surface area contributed by atoms with Crippen molar-refractivity contribution in [2.24, 2.45) is 0 Å². The number of aliphatic hydroxyl groups excluding tert-OH is 5.